The molecule has 0 radical (unpaired) electrons. The lowest BCUT2D eigenvalue weighted by atomic mass is 9.86. The molecule has 1 amide bonds. The maximum atomic E-state index is 12.3. The average molecular weight is 558 g/mol. The lowest BCUT2D eigenvalue weighted by Gasteiger charge is -2.27. The molecule has 1 aromatic heterocycles. The van der Waals surface area contributed by atoms with Crippen LogP contribution in [-0.4, -0.2) is 16.9 Å². The number of nitrogens with one attached hydrogen (secondary N) is 1. The Hall–Kier alpha value is 0.420. The summed E-state index contributed by atoms with van der Waals surface area (Å²) in [5.74, 6) is 3.70. The van der Waals surface area contributed by atoms with Gasteiger partial charge in [0.05, 0.1) is 2.41 Å². The zero-order valence-electron chi connectivity index (χ0n) is 12.2. The fourth-order valence-electron chi connectivity index (χ4n) is 2.57. The van der Waals surface area contributed by atoms with Crippen LogP contribution in [0.1, 0.15) is 41.7 Å². The Bertz CT molecular complexity index is 588. The van der Waals surface area contributed by atoms with E-state index < -0.39 is 0 Å². The molecule has 0 aliphatic heterocycles. The average Bonchev–Trinajstić information content (AvgIpc) is 2.47. The van der Waals surface area contributed by atoms with Crippen molar-refractivity contribution < 1.29 is 4.79 Å². The van der Waals surface area contributed by atoms with Crippen molar-refractivity contribution in [1.29, 1.82) is 0 Å². The second-order valence-electron chi connectivity index (χ2n) is 5.24. The SMILES string of the molecule is Cc1cccnc1C(=O)NC1CCCC(C#CSP(I)I)C1. The van der Waals surface area contributed by atoms with Crippen LogP contribution in [0.15, 0.2) is 18.3 Å². The second-order valence-corrected chi connectivity index (χ2v) is 22.9. The molecular weight excluding hydrogens is 541 g/mol. The monoisotopic (exact) mass is 558 g/mol. The first kappa shape index (κ1) is 18.8. The third-order valence-electron chi connectivity index (χ3n) is 3.61. The molecule has 22 heavy (non-hydrogen) atoms. The van der Waals surface area contributed by atoms with E-state index in [9.17, 15) is 4.79 Å². The normalized spacial score (nSPS) is 21.1. The van der Waals surface area contributed by atoms with Crippen LogP contribution < -0.4 is 5.32 Å². The zero-order valence-corrected chi connectivity index (χ0v) is 18.2. The van der Waals surface area contributed by atoms with Gasteiger partial charge in [0, 0.05) is 18.2 Å². The van der Waals surface area contributed by atoms with Gasteiger partial charge in [0.2, 0.25) is 0 Å². The summed E-state index contributed by atoms with van der Waals surface area (Å²) in [7, 11) is 0. The molecule has 2 atom stereocenters. The predicted molar refractivity (Wildman–Crippen MR) is 113 cm³/mol. The third-order valence-corrected chi connectivity index (χ3v) is 8.19. The Kier molecular flexibility index (Phi) is 8.23. The van der Waals surface area contributed by atoms with Gasteiger partial charge in [-0.2, -0.15) is 0 Å². The summed E-state index contributed by atoms with van der Waals surface area (Å²) in [5, 5.41) is 6.35. The third kappa shape index (κ3) is 6.14. The Morgan fingerprint density at radius 2 is 2.32 bits per heavy atom. The number of hydrogen-bond acceptors (Lipinski definition) is 3. The number of carbonyl (C=O) groups is 1. The largest absolute Gasteiger partial charge is 0.348 e. The number of halogens is 2. The minimum absolute atomic E-state index is 0.0610. The highest BCUT2D eigenvalue weighted by Gasteiger charge is 2.23. The standard InChI is InChI=1S/C15H17I2N2OPS/c1-11-4-3-8-18-14(11)15(20)19-13-6-2-5-12(10-13)7-9-22-21(16)17/h3-4,8,12-13H,2,5-6,10H2,1H3,(H,19,20). The zero-order chi connectivity index (χ0) is 15.9. The number of aryl methyl sites for hydroxylation is 1. The summed E-state index contributed by atoms with van der Waals surface area (Å²) >= 11 is 6.55. The molecule has 7 heteroatoms. The number of hydrogen-bond donors (Lipinski definition) is 1. The minimum Gasteiger partial charge on any atom is -0.348 e. The van der Waals surface area contributed by atoms with Gasteiger partial charge in [-0.15, -0.1) is 0 Å². The van der Waals surface area contributed by atoms with Crippen molar-refractivity contribution in [3.8, 4) is 11.2 Å². The van der Waals surface area contributed by atoms with Crippen molar-refractivity contribution in [1.82, 2.24) is 10.3 Å². The van der Waals surface area contributed by atoms with E-state index in [-0.39, 0.29) is 14.4 Å². The smallest absolute Gasteiger partial charge is 0.270 e. The highest BCUT2D eigenvalue weighted by atomic mass is 127. The van der Waals surface area contributed by atoms with Crippen LogP contribution in [0.2, 0.25) is 0 Å². The summed E-state index contributed by atoms with van der Waals surface area (Å²) in [4.78, 5) is 16.5. The summed E-state index contributed by atoms with van der Waals surface area (Å²) < 4.78 is -0.0813. The molecule has 3 nitrogen and oxygen atoms in total. The van der Waals surface area contributed by atoms with Gasteiger partial charge in [-0.25, -0.2) is 0 Å². The van der Waals surface area contributed by atoms with Crippen LogP contribution in [0, 0.1) is 24.0 Å². The second kappa shape index (κ2) is 9.65. The van der Waals surface area contributed by atoms with Crippen LogP contribution in [0.4, 0.5) is 0 Å². The molecule has 0 bridgehead atoms. The first-order valence-electron chi connectivity index (χ1n) is 7.08. The lowest BCUT2D eigenvalue weighted by Crippen LogP contribution is -2.38. The number of pyridine rings is 1. The molecule has 2 rings (SSSR count). The molecule has 2 unspecified atom stereocenters. The molecule has 0 saturated heterocycles. The summed E-state index contributed by atoms with van der Waals surface area (Å²) in [6, 6.07) is 3.98. The minimum atomic E-state index is -0.0813. The molecule has 1 aliphatic carbocycles. The van der Waals surface area contributed by atoms with Crippen molar-refractivity contribution in [3.05, 3.63) is 29.6 Å². The number of amides is 1. The number of nitrogens with zero attached hydrogens (tertiary/aromatic N) is 1. The van der Waals surface area contributed by atoms with Gasteiger partial charge < -0.3 is 5.32 Å². The molecule has 1 heterocycles. The highest BCUT2D eigenvalue weighted by Crippen LogP contribution is 2.64. The van der Waals surface area contributed by atoms with E-state index in [1.54, 1.807) is 17.6 Å². The van der Waals surface area contributed by atoms with Gasteiger partial charge in [0.15, 0.2) is 0 Å². The number of aromatic nitrogens is 1. The molecule has 1 fully saturated rings. The predicted octanol–water partition coefficient (Wildman–Crippen LogP) is 5.47. The van der Waals surface area contributed by atoms with Gasteiger partial charge in [-0.05, 0) is 98.5 Å². The topological polar surface area (TPSA) is 42.0 Å². The van der Waals surface area contributed by atoms with Crippen molar-refractivity contribution >= 4 is 63.8 Å². The van der Waals surface area contributed by atoms with Gasteiger partial charge in [0.1, 0.15) is 5.69 Å². The highest BCUT2D eigenvalue weighted by molar-refractivity contribution is 14.3. The van der Waals surface area contributed by atoms with Gasteiger partial charge in [0.25, 0.3) is 5.91 Å². The van der Waals surface area contributed by atoms with Crippen LogP contribution in [-0.2, 0) is 0 Å². The molecule has 0 spiro atoms. The maximum Gasteiger partial charge on any atom is 0.270 e. The van der Waals surface area contributed by atoms with Crippen molar-refractivity contribution in [2.75, 3.05) is 0 Å². The quantitative estimate of drug-likeness (QED) is 0.304. The van der Waals surface area contributed by atoms with Crippen LogP contribution in [0.25, 0.3) is 0 Å². The van der Waals surface area contributed by atoms with E-state index in [1.165, 1.54) is 0 Å². The number of rotatable bonds is 3. The van der Waals surface area contributed by atoms with E-state index in [1.807, 2.05) is 19.1 Å². The van der Waals surface area contributed by atoms with Crippen molar-refractivity contribution in [3.63, 3.8) is 0 Å². The summed E-state index contributed by atoms with van der Waals surface area (Å²) in [5.41, 5.74) is 1.45. The van der Waals surface area contributed by atoms with Crippen molar-refractivity contribution in [2.45, 2.75) is 38.6 Å². The molecule has 1 aromatic rings. The van der Waals surface area contributed by atoms with E-state index >= 15 is 0 Å². The van der Waals surface area contributed by atoms with E-state index in [0.717, 1.165) is 31.2 Å². The Morgan fingerprint density at radius 1 is 1.50 bits per heavy atom. The van der Waals surface area contributed by atoms with Gasteiger partial charge in [-0.1, -0.05) is 18.4 Å². The van der Waals surface area contributed by atoms with Crippen LogP contribution >= 0.6 is 57.9 Å². The van der Waals surface area contributed by atoms with E-state index in [2.05, 4.69) is 65.6 Å². The molecule has 1 saturated carbocycles. The lowest BCUT2D eigenvalue weighted by molar-refractivity contribution is 0.0918. The van der Waals surface area contributed by atoms with Crippen LogP contribution in [0.3, 0.4) is 0 Å². The molecule has 1 aliphatic rings. The van der Waals surface area contributed by atoms with Gasteiger partial charge in [-0.3, -0.25) is 9.78 Å². The first-order valence-corrected chi connectivity index (χ1v) is 15.4. The Labute approximate surface area is 163 Å². The van der Waals surface area contributed by atoms with E-state index in [0.29, 0.717) is 11.6 Å². The Morgan fingerprint density at radius 3 is 3.05 bits per heavy atom. The summed E-state index contributed by atoms with van der Waals surface area (Å²) in [6.45, 7) is 1.92. The maximum absolute atomic E-state index is 12.3. The molecule has 0 aromatic carbocycles. The molecular formula is C15H17I2N2OPS. The van der Waals surface area contributed by atoms with Gasteiger partial charge >= 0.3 is 0 Å². The number of carbonyl (C=O) groups excluding carboxylic acids is 1. The Balaban J connectivity index is 1.91. The first-order chi connectivity index (χ1) is 10.6. The van der Waals surface area contributed by atoms with E-state index in [4.69, 9.17) is 0 Å². The van der Waals surface area contributed by atoms with Crippen LogP contribution in [0.5, 0.6) is 0 Å². The molecule has 1 N–H and O–H groups in total. The fraction of sp³-hybridized carbons (Fsp3) is 0.467. The summed E-state index contributed by atoms with van der Waals surface area (Å²) in [6.07, 6.45) is 5.92. The van der Waals surface area contributed by atoms with Crippen molar-refractivity contribution in [2.24, 2.45) is 5.92 Å². The fourth-order valence-corrected chi connectivity index (χ4v) is 5.00. The molecule has 118 valence electrons.